The minimum Gasteiger partial charge on any atom is -0.250 e. The Morgan fingerprint density at radius 1 is 0.500 bits per heavy atom. The lowest BCUT2D eigenvalue weighted by molar-refractivity contribution is 0.871. The largest absolute Gasteiger partial charge is 0.250 e. The molecule has 8 nitrogen and oxygen atoms in total. The Kier molecular flexibility index (Phi) is 8.72. The molecule has 0 aliphatic heterocycles. The van der Waals surface area contributed by atoms with E-state index in [1.54, 1.807) is 21.8 Å². The van der Waals surface area contributed by atoms with E-state index in [0.717, 1.165) is 22.3 Å². The average molecular weight is 561 g/mol. The van der Waals surface area contributed by atoms with Crippen LogP contribution in [0.4, 0.5) is 0 Å². The molecular formula is C30H24N8S2. The monoisotopic (exact) mass is 560 g/mol. The van der Waals surface area contributed by atoms with E-state index in [1.165, 1.54) is 0 Å². The Balaban J connectivity index is 0.000000161. The standard InChI is InChI=1S/2C15H12N4S/c2*20-15-18-17-14(13-9-5-2-6-10-13)19(15)16-11-12-7-3-1-4-8-12/h2*1-11H,(H,18,20). The van der Waals surface area contributed by atoms with E-state index < -0.39 is 0 Å². The summed E-state index contributed by atoms with van der Waals surface area (Å²) in [4.78, 5) is 0. The predicted octanol–water partition coefficient (Wildman–Crippen LogP) is 6.98. The molecule has 0 fully saturated rings. The summed E-state index contributed by atoms with van der Waals surface area (Å²) in [6.45, 7) is 0. The second-order valence-corrected chi connectivity index (χ2v) is 9.14. The molecule has 4 aromatic carbocycles. The highest BCUT2D eigenvalue weighted by Crippen LogP contribution is 2.17. The van der Waals surface area contributed by atoms with Gasteiger partial charge in [-0.1, -0.05) is 121 Å². The van der Waals surface area contributed by atoms with Crippen LogP contribution in [-0.2, 0) is 0 Å². The summed E-state index contributed by atoms with van der Waals surface area (Å²) in [7, 11) is 0. The van der Waals surface area contributed by atoms with Gasteiger partial charge in [-0.2, -0.15) is 29.8 Å². The van der Waals surface area contributed by atoms with Crippen molar-refractivity contribution in [3.8, 4) is 22.8 Å². The lowest BCUT2D eigenvalue weighted by Crippen LogP contribution is -1.94. The maximum absolute atomic E-state index is 5.22. The van der Waals surface area contributed by atoms with Crippen molar-refractivity contribution in [3.05, 3.63) is 142 Å². The number of rotatable bonds is 6. The molecule has 0 unspecified atom stereocenters. The first kappa shape index (κ1) is 26.5. The first-order valence-corrected chi connectivity index (χ1v) is 13.2. The normalized spacial score (nSPS) is 11.0. The zero-order chi connectivity index (χ0) is 27.6. The van der Waals surface area contributed by atoms with Gasteiger partial charge in [0.15, 0.2) is 11.6 Å². The highest BCUT2D eigenvalue weighted by molar-refractivity contribution is 7.71. The molecule has 196 valence electrons. The average Bonchev–Trinajstić information content (AvgIpc) is 3.58. The molecule has 40 heavy (non-hydrogen) atoms. The summed E-state index contributed by atoms with van der Waals surface area (Å²) in [5.74, 6) is 1.39. The number of H-pyrrole nitrogens is 2. The van der Waals surface area contributed by atoms with Crippen LogP contribution >= 0.6 is 24.4 Å². The molecule has 0 atom stereocenters. The number of nitrogens with one attached hydrogen (secondary N) is 2. The van der Waals surface area contributed by atoms with Gasteiger partial charge in [0.1, 0.15) is 0 Å². The fourth-order valence-electron chi connectivity index (χ4n) is 3.67. The molecule has 6 rings (SSSR count). The van der Waals surface area contributed by atoms with Crippen LogP contribution in [0.5, 0.6) is 0 Å². The summed E-state index contributed by atoms with van der Waals surface area (Å²) in [6, 6.07) is 39.4. The minimum absolute atomic E-state index is 0.469. The highest BCUT2D eigenvalue weighted by atomic mass is 32.1. The van der Waals surface area contributed by atoms with Gasteiger partial charge in [-0.05, 0) is 35.6 Å². The maximum atomic E-state index is 5.22. The molecule has 2 heterocycles. The first-order chi connectivity index (χ1) is 19.7. The number of hydrogen-bond acceptors (Lipinski definition) is 6. The second-order valence-electron chi connectivity index (χ2n) is 8.37. The van der Waals surface area contributed by atoms with Gasteiger partial charge in [0.05, 0.1) is 12.4 Å². The van der Waals surface area contributed by atoms with Crippen LogP contribution in [0.15, 0.2) is 132 Å². The van der Waals surface area contributed by atoms with Crippen LogP contribution < -0.4 is 0 Å². The van der Waals surface area contributed by atoms with Gasteiger partial charge in [0.2, 0.25) is 9.54 Å². The molecule has 0 amide bonds. The van der Waals surface area contributed by atoms with Crippen molar-refractivity contribution in [1.82, 2.24) is 29.7 Å². The summed E-state index contributed by atoms with van der Waals surface area (Å²) >= 11 is 10.4. The van der Waals surface area contributed by atoms with Crippen molar-refractivity contribution in [1.29, 1.82) is 0 Å². The van der Waals surface area contributed by atoms with Crippen LogP contribution in [0.25, 0.3) is 22.8 Å². The van der Waals surface area contributed by atoms with Gasteiger partial charge in [0.25, 0.3) is 0 Å². The lowest BCUT2D eigenvalue weighted by Gasteiger charge is -2.00. The second kappa shape index (κ2) is 13.1. The molecular weight excluding hydrogens is 537 g/mol. The van der Waals surface area contributed by atoms with Crippen LogP contribution in [0.3, 0.4) is 0 Å². The molecule has 0 bridgehead atoms. The Hall–Kier alpha value is -5.06. The first-order valence-electron chi connectivity index (χ1n) is 12.3. The summed E-state index contributed by atoms with van der Waals surface area (Å²) < 4.78 is 4.18. The van der Waals surface area contributed by atoms with Gasteiger partial charge < -0.3 is 0 Å². The topological polar surface area (TPSA) is 91.9 Å². The van der Waals surface area contributed by atoms with Crippen molar-refractivity contribution in [2.24, 2.45) is 10.2 Å². The Labute approximate surface area is 241 Å². The van der Waals surface area contributed by atoms with Gasteiger partial charge >= 0.3 is 0 Å². The van der Waals surface area contributed by atoms with E-state index in [2.05, 4.69) is 30.6 Å². The zero-order valence-corrected chi connectivity index (χ0v) is 22.8. The number of hydrogen-bond donors (Lipinski definition) is 2. The molecule has 0 radical (unpaired) electrons. The number of aromatic nitrogens is 6. The third-order valence-electron chi connectivity index (χ3n) is 5.61. The molecule has 0 aliphatic carbocycles. The maximum Gasteiger partial charge on any atom is 0.216 e. The summed E-state index contributed by atoms with van der Waals surface area (Å²) in [6.07, 6.45) is 3.52. The fourth-order valence-corrected chi connectivity index (χ4v) is 4.03. The number of benzene rings is 4. The Bertz CT molecular complexity index is 1680. The molecule has 0 saturated heterocycles. The third-order valence-corrected chi connectivity index (χ3v) is 6.14. The van der Waals surface area contributed by atoms with E-state index in [9.17, 15) is 0 Å². The van der Waals surface area contributed by atoms with Crippen molar-refractivity contribution >= 4 is 36.9 Å². The van der Waals surface area contributed by atoms with Gasteiger partial charge in [-0.25, -0.2) is 10.2 Å². The molecule has 2 aromatic heterocycles. The fraction of sp³-hybridized carbons (Fsp3) is 0. The Morgan fingerprint density at radius 2 is 0.825 bits per heavy atom. The summed E-state index contributed by atoms with van der Waals surface area (Å²) in [5.41, 5.74) is 3.94. The zero-order valence-electron chi connectivity index (χ0n) is 21.2. The molecule has 10 heteroatoms. The molecule has 0 spiro atoms. The van der Waals surface area contributed by atoms with Crippen molar-refractivity contribution in [3.63, 3.8) is 0 Å². The van der Waals surface area contributed by atoms with Gasteiger partial charge in [-0.3, -0.25) is 0 Å². The van der Waals surface area contributed by atoms with Crippen molar-refractivity contribution < 1.29 is 0 Å². The van der Waals surface area contributed by atoms with Crippen molar-refractivity contribution in [2.45, 2.75) is 0 Å². The van der Waals surface area contributed by atoms with Crippen LogP contribution in [0.2, 0.25) is 0 Å². The predicted molar refractivity (Wildman–Crippen MR) is 165 cm³/mol. The lowest BCUT2D eigenvalue weighted by atomic mass is 10.2. The molecule has 0 aliphatic rings. The van der Waals surface area contributed by atoms with Gasteiger partial charge in [-0.15, -0.1) is 0 Å². The van der Waals surface area contributed by atoms with Crippen LogP contribution in [0, 0.1) is 9.54 Å². The Morgan fingerprint density at radius 3 is 1.18 bits per heavy atom. The van der Waals surface area contributed by atoms with Gasteiger partial charge in [0, 0.05) is 11.1 Å². The van der Waals surface area contributed by atoms with Crippen LogP contribution in [0.1, 0.15) is 11.1 Å². The molecule has 0 saturated carbocycles. The highest BCUT2D eigenvalue weighted by Gasteiger charge is 2.08. The van der Waals surface area contributed by atoms with Crippen molar-refractivity contribution in [2.75, 3.05) is 0 Å². The minimum atomic E-state index is 0.469. The smallest absolute Gasteiger partial charge is 0.216 e. The van der Waals surface area contributed by atoms with E-state index in [4.69, 9.17) is 24.4 Å². The number of nitrogens with zero attached hydrogens (tertiary/aromatic N) is 6. The SMILES string of the molecule is S=c1[nH]nc(-c2ccccc2)n1N=Cc1ccccc1.S=c1[nH]nc(-c2ccccc2)n1N=Cc1ccccc1. The van der Waals surface area contributed by atoms with E-state index in [-0.39, 0.29) is 0 Å². The molecule has 2 N–H and O–H groups in total. The van der Waals surface area contributed by atoms with E-state index in [1.807, 2.05) is 121 Å². The quantitative estimate of drug-likeness (QED) is 0.170. The third kappa shape index (κ3) is 6.68. The summed E-state index contributed by atoms with van der Waals surface area (Å²) in [5, 5.41) is 22.8. The molecule has 6 aromatic rings. The van der Waals surface area contributed by atoms with E-state index in [0.29, 0.717) is 21.2 Å². The van der Waals surface area contributed by atoms with E-state index >= 15 is 0 Å². The van der Waals surface area contributed by atoms with Crippen LogP contribution in [-0.4, -0.2) is 42.2 Å². The number of aromatic amines is 2.